The van der Waals surface area contributed by atoms with Gasteiger partial charge in [-0.15, -0.1) is 0 Å². The molecule has 0 fully saturated rings. The molecule has 0 saturated carbocycles. The normalized spacial score (nSPS) is 13.0. The van der Waals surface area contributed by atoms with Crippen molar-refractivity contribution in [2.75, 3.05) is 0 Å². The van der Waals surface area contributed by atoms with E-state index in [-0.39, 0.29) is 17.6 Å². The summed E-state index contributed by atoms with van der Waals surface area (Å²) in [6.07, 6.45) is 0.886. The van der Waals surface area contributed by atoms with Gasteiger partial charge in [0.2, 0.25) is 11.8 Å². The largest absolute Gasteiger partial charge is 0.508 e. The van der Waals surface area contributed by atoms with Crippen LogP contribution in [0.1, 0.15) is 18.1 Å². The molecular weight excluding hydrogens is 304 g/mol. The maximum Gasteiger partial charge on any atom is 0.240 e. The lowest BCUT2D eigenvalue weighted by atomic mass is 9.99. The topological polar surface area (TPSA) is 92.4 Å². The SMILES string of the molecule is C[C@@H](Cc1ccc(O)cc1)C(=O)N[C@@H](Cc1ccccc1)C(N)=O. The number of aromatic hydroxyl groups is 1. The summed E-state index contributed by atoms with van der Waals surface area (Å²) in [4.78, 5) is 24.0. The fourth-order valence-corrected chi connectivity index (χ4v) is 2.46. The van der Waals surface area contributed by atoms with Gasteiger partial charge in [-0.3, -0.25) is 9.59 Å². The summed E-state index contributed by atoms with van der Waals surface area (Å²) in [5.41, 5.74) is 7.30. The van der Waals surface area contributed by atoms with Gasteiger partial charge < -0.3 is 16.2 Å². The Bertz CT molecular complexity index is 684. The van der Waals surface area contributed by atoms with Crippen molar-refractivity contribution in [3.63, 3.8) is 0 Å². The van der Waals surface area contributed by atoms with Crippen LogP contribution in [0.2, 0.25) is 0 Å². The lowest BCUT2D eigenvalue weighted by Crippen LogP contribution is -2.47. The molecule has 0 aliphatic carbocycles. The zero-order valence-electron chi connectivity index (χ0n) is 13.6. The molecule has 5 nitrogen and oxygen atoms in total. The molecule has 0 radical (unpaired) electrons. The van der Waals surface area contributed by atoms with Crippen molar-refractivity contribution < 1.29 is 14.7 Å². The van der Waals surface area contributed by atoms with Crippen LogP contribution in [0.3, 0.4) is 0 Å². The number of carbonyl (C=O) groups excluding carboxylic acids is 2. The summed E-state index contributed by atoms with van der Waals surface area (Å²) >= 11 is 0. The molecule has 0 aliphatic rings. The van der Waals surface area contributed by atoms with Crippen molar-refractivity contribution in [1.29, 1.82) is 0 Å². The summed E-state index contributed by atoms with van der Waals surface area (Å²) in [6.45, 7) is 1.79. The molecule has 24 heavy (non-hydrogen) atoms. The highest BCUT2D eigenvalue weighted by Gasteiger charge is 2.22. The number of phenols is 1. The van der Waals surface area contributed by atoms with Crippen LogP contribution in [-0.2, 0) is 22.4 Å². The van der Waals surface area contributed by atoms with Gasteiger partial charge in [-0.2, -0.15) is 0 Å². The van der Waals surface area contributed by atoms with Crippen molar-refractivity contribution in [2.45, 2.75) is 25.8 Å². The minimum absolute atomic E-state index is 0.188. The van der Waals surface area contributed by atoms with Gasteiger partial charge in [-0.25, -0.2) is 0 Å². The van der Waals surface area contributed by atoms with Gasteiger partial charge >= 0.3 is 0 Å². The number of phenolic OH excluding ortho intramolecular Hbond substituents is 1. The zero-order valence-corrected chi connectivity index (χ0v) is 13.6. The van der Waals surface area contributed by atoms with E-state index < -0.39 is 11.9 Å². The molecule has 0 unspecified atom stereocenters. The van der Waals surface area contributed by atoms with E-state index >= 15 is 0 Å². The number of amides is 2. The first-order valence-corrected chi connectivity index (χ1v) is 7.87. The van der Waals surface area contributed by atoms with Gasteiger partial charge in [-0.05, 0) is 29.7 Å². The van der Waals surface area contributed by atoms with E-state index in [1.54, 1.807) is 31.2 Å². The van der Waals surface area contributed by atoms with Crippen LogP contribution in [0, 0.1) is 5.92 Å². The van der Waals surface area contributed by atoms with Gasteiger partial charge in [0.15, 0.2) is 0 Å². The second-order valence-electron chi connectivity index (χ2n) is 5.92. The maximum absolute atomic E-state index is 12.4. The van der Waals surface area contributed by atoms with E-state index in [4.69, 9.17) is 5.73 Å². The predicted molar refractivity (Wildman–Crippen MR) is 92.2 cm³/mol. The Morgan fingerprint density at radius 3 is 2.17 bits per heavy atom. The van der Waals surface area contributed by atoms with E-state index in [0.29, 0.717) is 12.8 Å². The van der Waals surface area contributed by atoms with Crippen molar-refractivity contribution >= 4 is 11.8 Å². The smallest absolute Gasteiger partial charge is 0.240 e. The highest BCUT2D eigenvalue weighted by atomic mass is 16.3. The number of rotatable bonds is 7. The zero-order chi connectivity index (χ0) is 17.5. The average molecular weight is 326 g/mol. The number of nitrogens with two attached hydrogens (primary N) is 1. The number of hydrogen-bond donors (Lipinski definition) is 3. The van der Waals surface area contributed by atoms with E-state index in [9.17, 15) is 14.7 Å². The van der Waals surface area contributed by atoms with Gasteiger partial charge in [0.25, 0.3) is 0 Å². The number of carbonyl (C=O) groups is 2. The van der Waals surface area contributed by atoms with Crippen LogP contribution >= 0.6 is 0 Å². The maximum atomic E-state index is 12.4. The van der Waals surface area contributed by atoms with Crippen LogP contribution in [0.5, 0.6) is 5.75 Å². The van der Waals surface area contributed by atoms with Gasteiger partial charge in [-0.1, -0.05) is 49.4 Å². The molecule has 2 aromatic rings. The molecule has 0 saturated heterocycles. The van der Waals surface area contributed by atoms with Crippen LogP contribution in [0.25, 0.3) is 0 Å². The third-order valence-corrected chi connectivity index (χ3v) is 3.87. The van der Waals surface area contributed by atoms with Crippen LogP contribution < -0.4 is 11.1 Å². The van der Waals surface area contributed by atoms with E-state index in [2.05, 4.69) is 5.32 Å². The lowest BCUT2D eigenvalue weighted by molar-refractivity contribution is -0.129. The Hall–Kier alpha value is -2.82. The molecule has 0 aromatic heterocycles. The average Bonchev–Trinajstić information content (AvgIpc) is 2.57. The van der Waals surface area contributed by atoms with Gasteiger partial charge in [0.1, 0.15) is 11.8 Å². The summed E-state index contributed by atoms with van der Waals surface area (Å²) in [7, 11) is 0. The Kier molecular flexibility index (Phi) is 5.95. The summed E-state index contributed by atoms with van der Waals surface area (Å²) < 4.78 is 0. The fourth-order valence-electron chi connectivity index (χ4n) is 2.46. The number of primary amides is 1. The number of hydrogen-bond acceptors (Lipinski definition) is 3. The van der Waals surface area contributed by atoms with E-state index in [1.165, 1.54) is 0 Å². The van der Waals surface area contributed by atoms with Crippen LogP contribution in [0.15, 0.2) is 54.6 Å². The molecule has 2 atom stereocenters. The summed E-state index contributed by atoms with van der Waals surface area (Å²) in [5, 5.41) is 12.0. The Balaban J connectivity index is 1.96. The van der Waals surface area contributed by atoms with Crippen molar-refractivity contribution in [1.82, 2.24) is 5.32 Å². The molecule has 2 amide bonds. The quantitative estimate of drug-likeness (QED) is 0.724. The highest BCUT2D eigenvalue weighted by Crippen LogP contribution is 2.14. The summed E-state index contributed by atoms with van der Waals surface area (Å²) in [6, 6.07) is 15.4. The predicted octanol–water partition coefficient (Wildman–Crippen LogP) is 1.78. The second kappa shape index (κ2) is 8.15. The molecule has 4 N–H and O–H groups in total. The minimum atomic E-state index is -0.734. The lowest BCUT2D eigenvalue weighted by Gasteiger charge is -2.19. The number of benzene rings is 2. The molecule has 0 bridgehead atoms. The molecule has 2 rings (SSSR count). The monoisotopic (exact) mass is 326 g/mol. The number of nitrogens with one attached hydrogen (secondary N) is 1. The third-order valence-electron chi connectivity index (χ3n) is 3.87. The first kappa shape index (κ1) is 17.5. The molecule has 2 aromatic carbocycles. The molecular formula is C19H22N2O3. The van der Waals surface area contributed by atoms with Gasteiger partial charge in [0.05, 0.1) is 0 Å². The first-order chi connectivity index (χ1) is 11.5. The Morgan fingerprint density at radius 1 is 1.00 bits per heavy atom. The van der Waals surface area contributed by atoms with Crippen LogP contribution in [-0.4, -0.2) is 23.0 Å². The van der Waals surface area contributed by atoms with Crippen molar-refractivity contribution in [2.24, 2.45) is 11.7 Å². The molecule has 126 valence electrons. The Morgan fingerprint density at radius 2 is 1.58 bits per heavy atom. The molecule has 0 spiro atoms. The molecule has 0 heterocycles. The molecule has 0 aliphatic heterocycles. The van der Waals surface area contributed by atoms with Crippen molar-refractivity contribution in [3.05, 3.63) is 65.7 Å². The molecule has 5 heteroatoms. The second-order valence-corrected chi connectivity index (χ2v) is 5.92. The fraction of sp³-hybridized carbons (Fsp3) is 0.263. The standard InChI is InChI=1S/C19H22N2O3/c1-13(11-15-7-9-16(22)10-8-15)19(24)21-17(18(20)23)12-14-5-3-2-4-6-14/h2-10,13,17,22H,11-12H2,1H3,(H2,20,23)(H,21,24)/t13-,17-/m0/s1. The minimum Gasteiger partial charge on any atom is -0.508 e. The van der Waals surface area contributed by atoms with Crippen molar-refractivity contribution in [3.8, 4) is 5.75 Å². The first-order valence-electron chi connectivity index (χ1n) is 7.87. The summed E-state index contributed by atoms with van der Waals surface area (Å²) in [5.74, 6) is -0.897. The van der Waals surface area contributed by atoms with Crippen LogP contribution in [0.4, 0.5) is 0 Å². The van der Waals surface area contributed by atoms with E-state index in [0.717, 1.165) is 11.1 Å². The van der Waals surface area contributed by atoms with E-state index in [1.807, 2.05) is 30.3 Å². The Labute approximate surface area is 141 Å². The highest BCUT2D eigenvalue weighted by molar-refractivity contribution is 5.87. The third kappa shape index (κ3) is 5.12. The van der Waals surface area contributed by atoms with Gasteiger partial charge in [0, 0.05) is 12.3 Å².